The second-order valence-corrected chi connectivity index (χ2v) is 4.76. The first kappa shape index (κ1) is 13.7. The molecular formula is C14H14F3NO. The van der Waals surface area contributed by atoms with Gasteiger partial charge in [0.05, 0.1) is 5.54 Å². The maximum absolute atomic E-state index is 12.8. The van der Waals surface area contributed by atoms with E-state index in [1.54, 1.807) is 24.3 Å². The molecule has 0 saturated carbocycles. The molecule has 1 heterocycles. The molecule has 0 aliphatic carbocycles. The van der Waals surface area contributed by atoms with Crippen LogP contribution in [-0.2, 0) is 6.42 Å². The van der Waals surface area contributed by atoms with Crippen LogP contribution in [0.2, 0.25) is 0 Å². The van der Waals surface area contributed by atoms with Gasteiger partial charge in [0.1, 0.15) is 17.3 Å². The van der Waals surface area contributed by atoms with E-state index in [1.165, 1.54) is 19.1 Å². The first-order valence-electron chi connectivity index (χ1n) is 5.80. The highest BCUT2D eigenvalue weighted by atomic mass is 19.3. The topological polar surface area (TPSA) is 39.2 Å². The SMILES string of the molecule is CC(N)(Cc1ccc(-c2ccc(F)cc2)o1)C(F)F. The average molecular weight is 269 g/mol. The summed E-state index contributed by atoms with van der Waals surface area (Å²) in [6.45, 7) is 1.28. The van der Waals surface area contributed by atoms with Crippen LogP contribution in [0.4, 0.5) is 13.2 Å². The molecule has 0 fully saturated rings. The van der Waals surface area contributed by atoms with Crippen LogP contribution in [0.3, 0.4) is 0 Å². The average Bonchev–Trinajstić information content (AvgIpc) is 2.77. The summed E-state index contributed by atoms with van der Waals surface area (Å²) in [5.41, 5.74) is 4.56. The van der Waals surface area contributed by atoms with Gasteiger partial charge in [-0.1, -0.05) is 0 Å². The lowest BCUT2D eigenvalue weighted by molar-refractivity contribution is 0.0611. The fourth-order valence-corrected chi connectivity index (χ4v) is 1.69. The van der Waals surface area contributed by atoms with Gasteiger partial charge in [0.15, 0.2) is 0 Å². The summed E-state index contributed by atoms with van der Waals surface area (Å²) >= 11 is 0. The van der Waals surface area contributed by atoms with Crippen LogP contribution in [0.25, 0.3) is 11.3 Å². The van der Waals surface area contributed by atoms with Crippen molar-refractivity contribution in [1.82, 2.24) is 0 Å². The minimum atomic E-state index is -2.63. The normalized spacial score (nSPS) is 14.6. The number of halogens is 3. The zero-order chi connectivity index (χ0) is 14.0. The van der Waals surface area contributed by atoms with Crippen LogP contribution >= 0.6 is 0 Å². The van der Waals surface area contributed by atoms with Crippen molar-refractivity contribution in [3.63, 3.8) is 0 Å². The Balaban J connectivity index is 2.18. The van der Waals surface area contributed by atoms with E-state index < -0.39 is 12.0 Å². The highest BCUT2D eigenvalue weighted by molar-refractivity contribution is 5.57. The lowest BCUT2D eigenvalue weighted by Crippen LogP contribution is -2.45. The number of benzene rings is 1. The predicted molar refractivity (Wildman–Crippen MR) is 66.4 cm³/mol. The Morgan fingerprint density at radius 2 is 1.79 bits per heavy atom. The minimum Gasteiger partial charge on any atom is -0.461 e. The van der Waals surface area contributed by atoms with Crippen LogP contribution in [0.15, 0.2) is 40.8 Å². The molecule has 0 aliphatic heterocycles. The summed E-state index contributed by atoms with van der Waals surface area (Å²) in [6.07, 6.45) is -2.70. The van der Waals surface area contributed by atoms with Crippen molar-refractivity contribution in [2.45, 2.75) is 25.3 Å². The van der Waals surface area contributed by atoms with Crippen LogP contribution in [0.5, 0.6) is 0 Å². The Bertz CT molecular complexity index is 546. The van der Waals surface area contributed by atoms with Gasteiger partial charge in [-0.2, -0.15) is 0 Å². The molecule has 0 spiro atoms. The molecular weight excluding hydrogens is 255 g/mol. The summed E-state index contributed by atoms with van der Waals surface area (Å²) in [4.78, 5) is 0. The Kier molecular flexibility index (Phi) is 3.66. The predicted octanol–water partition coefficient (Wildman–Crippen LogP) is 3.61. The maximum atomic E-state index is 12.8. The third-order valence-electron chi connectivity index (χ3n) is 2.84. The highest BCUT2D eigenvalue weighted by Crippen LogP contribution is 2.25. The van der Waals surface area contributed by atoms with Crippen molar-refractivity contribution in [3.05, 3.63) is 48.0 Å². The maximum Gasteiger partial charge on any atom is 0.256 e. The molecule has 2 aromatic rings. The van der Waals surface area contributed by atoms with Crippen molar-refractivity contribution in [3.8, 4) is 11.3 Å². The molecule has 1 aromatic heterocycles. The monoisotopic (exact) mass is 269 g/mol. The van der Waals surface area contributed by atoms with Crippen LogP contribution in [-0.4, -0.2) is 12.0 Å². The van der Waals surface area contributed by atoms with E-state index in [1.807, 2.05) is 0 Å². The van der Waals surface area contributed by atoms with Crippen molar-refractivity contribution < 1.29 is 17.6 Å². The molecule has 19 heavy (non-hydrogen) atoms. The van der Waals surface area contributed by atoms with Crippen LogP contribution in [0.1, 0.15) is 12.7 Å². The first-order valence-corrected chi connectivity index (χ1v) is 5.80. The Hall–Kier alpha value is -1.75. The van der Waals surface area contributed by atoms with Gasteiger partial charge in [0.25, 0.3) is 6.43 Å². The largest absolute Gasteiger partial charge is 0.461 e. The molecule has 1 unspecified atom stereocenters. The van der Waals surface area contributed by atoms with Crippen LogP contribution < -0.4 is 5.73 Å². The van der Waals surface area contributed by atoms with Gasteiger partial charge in [0.2, 0.25) is 0 Å². The molecule has 0 bridgehead atoms. The molecule has 1 atom stereocenters. The molecule has 1 aromatic carbocycles. The minimum absolute atomic E-state index is 0.0636. The highest BCUT2D eigenvalue weighted by Gasteiger charge is 2.31. The number of rotatable bonds is 4. The third kappa shape index (κ3) is 3.17. The number of hydrogen-bond donors (Lipinski definition) is 1. The fraction of sp³-hybridized carbons (Fsp3) is 0.286. The van der Waals surface area contributed by atoms with Crippen molar-refractivity contribution >= 4 is 0 Å². The second-order valence-electron chi connectivity index (χ2n) is 4.76. The lowest BCUT2D eigenvalue weighted by atomic mass is 9.99. The lowest BCUT2D eigenvalue weighted by Gasteiger charge is -2.21. The van der Waals surface area contributed by atoms with E-state index in [-0.39, 0.29) is 12.2 Å². The van der Waals surface area contributed by atoms with Crippen molar-refractivity contribution in [2.75, 3.05) is 0 Å². The summed E-state index contributed by atoms with van der Waals surface area (Å²) < 4.78 is 43.6. The van der Waals surface area contributed by atoms with Gasteiger partial charge in [-0.3, -0.25) is 0 Å². The molecule has 2 rings (SSSR count). The van der Waals surface area contributed by atoms with Gasteiger partial charge < -0.3 is 10.2 Å². The Morgan fingerprint density at radius 3 is 2.37 bits per heavy atom. The molecule has 5 heteroatoms. The van der Waals surface area contributed by atoms with Crippen LogP contribution in [0, 0.1) is 5.82 Å². The van der Waals surface area contributed by atoms with E-state index in [0.717, 1.165) is 0 Å². The quantitative estimate of drug-likeness (QED) is 0.920. The van der Waals surface area contributed by atoms with Gasteiger partial charge in [-0.15, -0.1) is 0 Å². The zero-order valence-corrected chi connectivity index (χ0v) is 10.4. The standard InChI is InChI=1S/C14H14F3NO/c1-14(18,13(16)17)8-11-6-7-12(19-11)9-2-4-10(15)5-3-9/h2-7,13H,8,18H2,1H3. The molecule has 102 valence electrons. The van der Waals surface area contributed by atoms with E-state index in [2.05, 4.69) is 0 Å². The molecule has 2 N–H and O–H groups in total. The summed E-state index contributed by atoms with van der Waals surface area (Å²) in [5, 5.41) is 0. The van der Waals surface area contributed by atoms with Gasteiger partial charge in [-0.05, 0) is 43.3 Å². The summed E-state index contributed by atoms with van der Waals surface area (Å²) in [5.74, 6) is 0.535. The van der Waals surface area contributed by atoms with Gasteiger partial charge >= 0.3 is 0 Å². The Morgan fingerprint density at radius 1 is 1.16 bits per heavy atom. The third-order valence-corrected chi connectivity index (χ3v) is 2.84. The smallest absolute Gasteiger partial charge is 0.256 e. The first-order chi connectivity index (χ1) is 8.88. The van der Waals surface area contributed by atoms with E-state index in [4.69, 9.17) is 10.2 Å². The molecule has 0 radical (unpaired) electrons. The van der Waals surface area contributed by atoms with Gasteiger partial charge in [-0.25, -0.2) is 13.2 Å². The number of furan rings is 1. The fourth-order valence-electron chi connectivity index (χ4n) is 1.69. The molecule has 0 saturated heterocycles. The number of nitrogens with two attached hydrogens (primary N) is 1. The van der Waals surface area contributed by atoms with Crippen molar-refractivity contribution in [2.24, 2.45) is 5.73 Å². The number of alkyl halides is 2. The zero-order valence-electron chi connectivity index (χ0n) is 10.4. The molecule has 2 nitrogen and oxygen atoms in total. The van der Waals surface area contributed by atoms with Gasteiger partial charge in [0, 0.05) is 12.0 Å². The van der Waals surface area contributed by atoms with Crippen molar-refractivity contribution in [1.29, 1.82) is 0 Å². The Labute approximate surface area is 109 Å². The molecule has 0 amide bonds. The second kappa shape index (κ2) is 5.09. The summed E-state index contributed by atoms with van der Waals surface area (Å²) in [6, 6.07) is 9.00. The van der Waals surface area contributed by atoms with E-state index >= 15 is 0 Å². The van der Waals surface area contributed by atoms with E-state index in [9.17, 15) is 13.2 Å². The van der Waals surface area contributed by atoms with E-state index in [0.29, 0.717) is 17.1 Å². The summed E-state index contributed by atoms with van der Waals surface area (Å²) in [7, 11) is 0. The number of hydrogen-bond acceptors (Lipinski definition) is 2. The molecule has 0 aliphatic rings.